The maximum Gasteiger partial charge on any atom is 0.435 e. The highest BCUT2D eigenvalue weighted by atomic mass is 35.5. The van der Waals surface area contributed by atoms with Crippen LogP contribution >= 0.6 is 23.2 Å². The maximum absolute atomic E-state index is 13.4. The summed E-state index contributed by atoms with van der Waals surface area (Å²) in [4.78, 5) is 14.9. The number of phenols is 1. The van der Waals surface area contributed by atoms with Gasteiger partial charge in [0.05, 0.1) is 12.2 Å². The molecule has 35 heavy (non-hydrogen) atoms. The van der Waals surface area contributed by atoms with E-state index in [4.69, 9.17) is 23.2 Å². The maximum atomic E-state index is 13.4. The molecule has 0 aliphatic carbocycles. The second-order valence-electron chi connectivity index (χ2n) is 7.77. The van der Waals surface area contributed by atoms with E-state index in [1.54, 1.807) is 48.5 Å². The number of hydrogen-bond acceptors (Lipinski definition) is 3. The number of amides is 1. The van der Waals surface area contributed by atoms with Crippen molar-refractivity contribution in [2.24, 2.45) is 7.05 Å². The Morgan fingerprint density at radius 2 is 1.71 bits per heavy atom. The molecule has 4 rings (SSSR count). The third-order valence-electron chi connectivity index (χ3n) is 5.31. The van der Waals surface area contributed by atoms with Crippen molar-refractivity contribution in [3.05, 3.63) is 99.7 Å². The number of nitrogens with zero attached hydrogens (tertiary/aromatic N) is 3. The zero-order chi connectivity index (χ0) is 25.3. The molecular formula is C25H18Cl2F3N3O2. The van der Waals surface area contributed by atoms with Crippen molar-refractivity contribution in [2.45, 2.75) is 12.7 Å². The Bertz CT molecular complexity index is 1390. The van der Waals surface area contributed by atoms with Crippen molar-refractivity contribution in [1.29, 1.82) is 0 Å². The molecule has 0 saturated carbocycles. The topological polar surface area (TPSA) is 58.4 Å². The molecule has 10 heteroatoms. The fourth-order valence-electron chi connectivity index (χ4n) is 3.59. The van der Waals surface area contributed by atoms with Gasteiger partial charge in [-0.3, -0.25) is 9.48 Å². The van der Waals surface area contributed by atoms with Gasteiger partial charge in [-0.2, -0.15) is 18.3 Å². The highest BCUT2D eigenvalue weighted by Gasteiger charge is 2.35. The summed E-state index contributed by atoms with van der Waals surface area (Å²) in [7, 11) is 1.35. The van der Waals surface area contributed by atoms with Crippen molar-refractivity contribution in [2.75, 3.05) is 4.90 Å². The van der Waals surface area contributed by atoms with Gasteiger partial charge in [0, 0.05) is 40.0 Å². The minimum atomic E-state index is -4.62. The van der Waals surface area contributed by atoms with Gasteiger partial charge in [-0.15, -0.1) is 0 Å². The lowest BCUT2D eigenvalue weighted by Crippen LogP contribution is -2.30. The van der Waals surface area contributed by atoms with Crippen LogP contribution in [-0.2, 0) is 19.8 Å². The lowest BCUT2D eigenvalue weighted by Gasteiger charge is -2.24. The normalized spacial score (nSPS) is 11.5. The van der Waals surface area contributed by atoms with Crippen molar-refractivity contribution >= 4 is 34.8 Å². The lowest BCUT2D eigenvalue weighted by molar-refractivity contribution is -0.141. The molecule has 0 unspecified atom stereocenters. The molecule has 0 atom stereocenters. The molecule has 0 aliphatic rings. The van der Waals surface area contributed by atoms with E-state index in [9.17, 15) is 23.1 Å². The molecule has 1 aromatic heterocycles. The summed E-state index contributed by atoms with van der Waals surface area (Å²) in [6.07, 6.45) is -4.62. The molecule has 0 spiro atoms. The number of anilines is 1. The number of phenolic OH excluding ortho intramolecular Hbond substituents is 1. The highest BCUT2D eigenvalue weighted by Crippen LogP contribution is 2.37. The standard InChI is InChI=1S/C25H18Cl2F3N3O2/c1-32-21(13-23(31-32)25(28,29)30)20-10-9-19(12-22(20)34)33(14-15-5-7-17(26)8-6-15)24(35)16-3-2-4-18(27)11-16/h2-13,34H,14H2,1H3. The Kier molecular flexibility index (Phi) is 6.78. The van der Waals surface area contributed by atoms with Crippen LogP contribution in [0.25, 0.3) is 11.3 Å². The monoisotopic (exact) mass is 519 g/mol. The van der Waals surface area contributed by atoms with E-state index in [0.717, 1.165) is 16.3 Å². The van der Waals surface area contributed by atoms with Crippen LogP contribution in [0.1, 0.15) is 21.6 Å². The summed E-state index contributed by atoms with van der Waals surface area (Å²) >= 11 is 12.0. The van der Waals surface area contributed by atoms with Crippen LogP contribution in [0.3, 0.4) is 0 Å². The van der Waals surface area contributed by atoms with Gasteiger partial charge < -0.3 is 10.0 Å². The van der Waals surface area contributed by atoms with Crippen LogP contribution < -0.4 is 4.90 Å². The first kappa shape index (κ1) is 24.6. The van der Waals surface area contributed by atoms with Gasteiger partial charge in [0.15, 0.2) is 5.69 Å². The van der Waals surface area contributed by atoms with Crippen LogP contribution in [0, 0.1) is 0 Å². The summed E-state index contributed by atoms with van der Waals surface area (Å²) < 4.78 is 40.3. The largest absolute Gasteiger partial charge is 0.507 e. The Hall–Kier alpha value is -3.49. The molecule has 180 valence electrons. The van der Waals surface area contributed by atoms with Crippen LogP contribution in [0.5, 0.6) is 5.75 Å². The number of benzene rings is 3. The molecule has 0 fully saturated rings. The van der Waals surface area contributed by atoms with E-state index in [1.165, 1.54) is 30.1 Å². The molecule has 1 N–H and O–H groups in total. The third kappa shape index (κ3) is 5.44. The molecule has 0 saturated heterocycles. The minimum Gasteiger partial charge on any atom is -0.507 e. The molecule has 0 aliphatic heterocycles. The van der Waals surface area contributed by atoms with Crippen molar-refractivity contribution < 1.29 is 23.1 Å². The molecule has 0 radical (unpaired) electrons. The molecule has 1 heterocycles. The smallest absolute Gasteiger partial charge is 0.435 e. The van der Waals surface area contributed by atoms with Gasteiger partial charge in [0.2, 0.25) is 0 Å². The lowest BCUT2D eigenvalue weighted by atomic mass is 10.1. The zero-order valence-electron chi connectivity index (χ0n) is 18.2. The number of aryl methyl sites for hydroxylation is 1. The van der Waals surface area contributed by atoms with Gasteiger partial charge in [-0.05, 0) is 54.1 Å². The van der Waals surface area contributed by atoms with Gasteiger partial charge >= 0.3 is 6.18 Å². The van der Waals surface area contributed by atoms with Gasteiger partial charge in [-0.25, -0.2) is 0 Å². The van der Waals surface area contributed by atoms with Crippen LogP contribution in [0.15, 0.2) is 72.8 Å². The molecule has 4 aromatic rings. The van der Waals surface area contributed by atoms with E-state index in [-0.39, 0.29) is 29.5 Å². The number of halogens is 5. The van der Waals surface area contributed by atoms with E-state index in [1.807, 2.05) is 0 Å². The quantitative estimate of drug-likeness (QED) is 0.310. The molecule has 0 bridgehead atoms. The zero-order valence-corrected chi connectivity index (χ0v) is 19.7. The highest BCUT2D eigenvalue weighted by molar-refractivity contribution is 6.31. The molecule has 3 aromatic carbocycles. The summed E-state index contributed by atoms with van der Waals surface area (Å²) in [5, 5.41) is 15.1. The van der Waals surface area contributed by atoms with E-state index < -0.39 is 11.9 Å². The van der Waals surface area contributed by atoms with Crippen molar-refractivity contribution in [3.63, 3.8) is 0 Å². The van der Waals surface area contributed by atoms with Crippen LogP contribution in [-0.4, -0.2) is 20.8 Å². The summed E-state index contributed by atoms with van der Waals surface area (Å²) in [5.74, 6) is -0.686. The minimum absolute atomic E-state index is 0.0757. The first-order valence-corrected chi connectivity index (χ1v) is 11.0. The van der Waals surface area contributed by atoms with Crippen molar-refractivity contribution in [3.8, 4) is 17.0 Å². The predicted molar refractivity (Wildman–Crippen MR) is 129 cm³/mol. The number of rotatable bonds is 5. The predicted octanol–water partition coefficient (Wildman–Crippen LogP) is 6.97. The Labute approximate surface area is 208 Å². The number of alkyl halides is 3. The first-order chi connectivity index (χ1) is 16.5. The molecule has 1 amide bonds. The summed E-state index contributed by atoms with van der Waals surface area (Å²) in [5.41, 5.74) is 0.585. The Balaban J connectivity index is 1.74. The number of hydrogen-bond donors (Lipinski definition) is 1. The second kappa shape index (κ2) is 9.64. The van der Waals surface area contributed by atoms with E-state index >= 15 is 0 Å². The number of aromatic nitrogens is 2. The average molecular weight is 520 g/mol. The summed E-state index contributed by atoms with van der Waals surface area (Å²) in [6.45, 7) is 0.144. The van der Waals surface area contributed by atoms with Gasteiger partial charge in [0.25, 0.3) is 5.91 Å². The Morgan fingerprint density at radius 1 is 1.00 bits per heavy atom. The average Bonchev–Trinajstić information content (AvgIpc) is 3.20. The first-order valence-electron chi connectivity index (χ1n) is 10.3. The van der Waals surface area contributed by atoms with E-state index in [0.29, 0.717) is 21.3 Å². The number of carbonyl (C=O) groups is 1. The van der Waals surface area contributed by atoms with Gasteiger partial charge in [-0.1, -0.05) is 41.4 Å². The van der Waals surface area contributed by atoms with Gasteiger partial charge in [0.1, 0.15) is 5.75 Å². The molecular weight excluding hydrogens is 502 g/mol. The second-order valence-corrected chi connectivity index (χ2v) is 8.64. The SMILES string of the molecule is Cn1nc(C(F)(F)F)cc1-c1ccc(N(Cc2ccc(Cl)cc2)C(=O)c2cccc(Cl)c2)cc1O. The van der Waals surface area contributed by atoms with Crippen LogP contribution in [0.2, 0.25) is 10.0 Å². The third-order valence-corrected chi connectivity index (χ3v) is 5.80. The number of aromatic hydroxyl groups is 1. The number of carbonyl (C=O) groups excluding carboxylic acids is 1. The molecule has 5 nitrogen and oxygen atoms in total. The van der Waals surface area contributed by atoms with Crippen LogP contribution in [0.4, 0.5) is 18.9 Å². The Morgan fingerprint density at radius 3 is 2.31 bits per heavy atom. The van der Waals surface area contributed by atoms with E-state index in [2.05, 4.69) is 5.10 Å². The fraction of sp³-hybridized carbons (Fsp3) is 0.120. The summed E-state index contributed by atoms with van der Waals surface area (Å²) in [6, 6.07) is 18.5. The van der Waals surface area contributed by atoms with Crippen molar-refractivity contribution in [1.82, 2.24) is 9.78 Å². The fourth-order valence-corrected chi connectivity index (χ4v) is 3.91.